The molecule has 0 heterocycles. The lowest BCUT2D eigenvalue weighted by atomic mass is 10.1. The lowest BCUT2D eigenvalue weighted by Crippen LogP contribution is -2.40. The smallest absolute Gasteiger partial charge is 0.251 e. The molecular formula is C22H29N3O4. The number of carbonyl (C=O) groups excluding carboxylic acids is 2. The van der Waals surface area contributed by atoms with E-state index in [4.69, 9.17) is 9.47 Å². The molecule has 0 bridgehead atoms. The van der Waals surface area contributed by atoms with Crippen molar-refractivity contribution in [3.63, 3.8) is 0 Å². The number of carbonyl (C=O) groups is 2. The molecule has 29 heavy (non-hydrogen) atoms. The van der Waals surface area contributed by atoms with Crippen LogP contribution in [0.2, 0.25) is 0 Å². The van der Waals surface area contributed by atoms with Crippen molar-refractivity contribution in [1.29, 1.82) is 0 Å². The Labute approximate surface area is 171 Å². The van der Waals surface area contributed by atoms with Crippen LogP contribution in [0.4, 0.5) is 11.4 Å². The van der Waals surface area contributed by atoms with Crippen LogP contribution in [-0.2, 0) is 9.53 Å². The highest BCUT2D eigenvalue weighted by molar-refractivity contribution is 5.96. The molecule has 3 N–H and O–H groups in total. The molecule has 0 aliphatic carbocycles. The van der Waals surface area contributed by atoms with E-state index < -0.39 is 0 Å². The molecule has 7 heteroatoms. The predicted molar refractivity (Wildman–Crippen MR) is 115 cm³/mol. The summed E-state index contributed by atoms with van der Waals surface area (Å²) >= 11 is 0. The SMILES string of the molecule is COCCOc1ccc(NCC(=O)Nc2ccc(C(=O)NC(C)(C)C)cc2)cc1. The molecular weight excluding hydrogens is 370 g/mol. The van der Waals surface area contributed by atoms with Gasteiger partial charge in [-0.05, 0) is 69.3 Å². The van der Waals surface area contributed by atoms with Gasteiger partial charge in [-0.25, -0.2) is 0 Å². The Hall–Kier alpha value is -3.06. The number of hydrogen-bond acceptors (Lipinski definition) is 5. The van der Waals surface area contributed by atoms with Gasteiger partial charge in [0.2, 0.25) is 5.91 Å². The summed E-state index contributed by atoms with van der Waals surface area (Å²) in [5, 5.41) is 8.76. The van der Waals surface area contributed by atoms with Gasteiger partial charge in [0.05, 0.1) is 13.2 Å². The molecule has 2 rings (SSSR count). The van der Waals surface area contributed by atoms with Crippen molar-refractivity contribution in [2.45, 2.75) is 26.3 Å². The highest BCUT2D eigenvalue weighted by atomic mass is 16.5. The van der Waals surface area contributed by atoms with Gasteiger partial charge in [-0.15, -0.1) is 0 Å². The summed E-state index contributed by atoms with van der Waals surface area (Å²) in [7, 11) is 1.62. The number of benzene rings is 2. The number of amides is 2. The van der Waals surface area contributed by atoms with Gasteiger partial charge in [0.25, 0.3) is 5.91 Å². The van der Waals surface area contributed by atoms with Crippen molar-refractivity contribution in [3.05, 3.63) is 54.1 Å². The Balaban J connectivity index is 1.79. The van der Waals surface area contributed by atoms with Crippen LogP contribution < -0.4 is 20.7 Å². The summed E-state index contributed by atoms with van der Waals surface area (Å²) in [6, 6.07) is 14.1. The van der Waals surface area contributed by atoms with Gasteiger partial charge in [0.15, 0.2) is 0 Å². The highest BCUT2D eigenvalue weighted by Crippen LogP contribution is 2.16. The number of hydrogen-bond donors (Lipinski definition) is 3. The molecule has 0 aliphatic rings. The Bertz CT molecular complexity index is 796. The second kappa shape index (κ2) is 10.5. The molecule has 0 radical (unpaired) electrons. The zero-order valence-electron chi connectivity index (χ0n) is 17.4. The Kier molecular flexibility index (Phi) is 8.03. The van der Waals surface area contributed by atoms with Crippen LogP contribution in [0.3, 0.4) is 0 Å². The van der Waals surface area contributed by atoms with E-state index in [2.05, 4.69) is 16.0 Å². The first-order valence-electron chi connectivity index (χ1n) is 9.45. The fraction of sp³-hybridized carbons (Fsp3) is 0.364. The molecule has 0 atom stereocenters. The maximum atomic E-state index is 12.1. The highest BCUT2D eigenvalue weighted by Gasteiger charge is 2.15. The average Bonchev–Trinajstić information content (AvgIpc) is 2.67. The van der Waals surface area contributed by atoms with Crippen molar-refractivity contribution in [2.75, 3.05) is 37.5 Å². The minimum atomic E-state index is -0.302. The minimum absolute atomic E-state index is 0.121. The molecule has 0 unspecified atom stereocenters. The molecule has 0 saturated carbocycles. The quantitative estimate of drug-likeness (QED) is 0.563. The van der Waals surface area contributed by atoms with E-state index >= 15 is 0 Å². The van der Waals surface area contributed by atoms with E-state index in [-0.39, 0.29) is 23.9 Å². The number of methoxy groups -OCH3 is 1. The standard InChI is InChI=1S/C22H29N3O4/c1-22(2,3)25-21(27)16-5-7-18(8-6-16)24-20(26)15-23-17-9-11-19(12-10-17)29-14-13-28-4/h5-12,23H,13-15H2,1-4H3,(H,24,26)(H,25,27). The Morgan fingerprint density at radius 3 is 2.10 bits per heavy atom. The molecule has 7 nitrogen and oxygen atoms in total. The van der Waals surface area contributed by atoms with Crippen LogP contribution in [0.1, 0.15) is 31.1 Å². The first-order valence-corrected chi connectivity index (χ1v) is 9.45. The van der Waals surface area contributed by atoms with Crippen molar-refractivity contribution < 1.29 is 19.1 Å². The van der Waals surface area contributed by atoms with E-state index in [9.17, 15) is 9.59 Å². The van der Waals surface area contributed by atoms with Crippen LogP contribution in [0.25, 0.3) is 0 Å². The summed E-state index contributed by atoms with van der Waals surface area (Å²) < 4.78 is 10.4. The van der Waals surface area contributed by atoms with Crippen LogP contribution in [0.15, 0.2) is 48.5 Å². The molecule has 0 saturated heterocycles. The molecule has 156 valence electrons. The van der Waals surface area contributed by atoms with Crippen LogP contribution in [0.5, 0.6) is 5.75 Å². The number of ether oxygens (including phenoxy) is 2. The van der Waals surface area contributed by atoms with Crippen LogP contribution >= 0.6 is 0 Å². The maximum Gasteiger partial charge on any atom is 0.251 e. The molecule has 2 aromatic carbocycles. The zero-order valence-corrected chi connectivity index (χ0v) is 17.4. The molecule has 0 aliphatic heterocycles. The number of rotatable bonds is 9. The lowest BCUT2D eigenvalue weighted by molar-refractivity contribution is -0.114. The largest absolute Gasteiger partial charge is 0.491 e. The fourth-order valence-electron chi connectivity index (χ4n) is 2.42. The van der Waals surface area contributed by atoms with Gasteiger partial charge in [0.1, 0.15) is 12.4 Å². The minimum Gasteiger partial charge on any atom is -0.491 e. The fourth-order valence-corrected chi connectivity index (χ4v) is 2.42. The average molecular weight is 399 g/mol. The zero-order chi connectivity index (χ0) is 21.3. The third-order valence-electron chi connectivity index (χ3n) is 3.78. The van der Waals surface area contributed by atoms with Gasteiger partial charge in [-0.2, -0.15) is 0 Å². The van der Waals surface area contributed by atoms with Crippen molar-refractivity contribution in [1.82, 2.24) is 5.32 Å². The summed E-state index contributed by atoms with van der Waals surface area (Å²) in [5.41, 5.74) is 1.69. The van der Waals surface area contributed by atoms with Crippen LogP contribution in [0, 0.1) is 0 Å². The van der Waals surface area contributed by atoms with E-state index in [1.165, 1.54) is 0 Å². The second-order valence-electron chi connectivity index (χ2n) is 7.55. The van der Waals surface area contributed by atoms with Crippen molar-refractivity contribution in [2.24, 2.45) is 0 Å². The van der Waals surface area contributed by atoms with Gasteiger partial charge >= 0.3 is 0 Å². The third kappa shape index (κ3) is 8.23. The first-order chi connectivity index (χ1) is 13.8. The Morgan fingerprint density at radius 1 is 0.897 bits per heavy atom. The molecule has 0 aromatic heterocycles. The third-order valence-corrected chi connectivity index (χ3v) is 3.78. The van der Waals surface area contributed by atoms with Gasteiger partial charge < -0.3 is 25.4 Å². The van der Waals surface area contributed by atoms with Gasteiger partial charge in [-0.3, -0.25) is 9.59 Å². The normalized spacial score (nSPS) is 10.9. The van der Waals surface area contributed by atoms with Crippen molar-refractivity contribution in [3.8, 4) is 5.75 Å². The molecule has 0 fully saturated rings. The maximum absolute atomic E-state index is 12.1. The van der Waals surface area contributed by atoms with E-state index in [0.717, 1.165) is 11.4 Å². The molecule has 2 amide bonds. The second-order valence-corrected chi connectivity index (χ2v) is 7.55. The summed E-state index contributed by atoms with van der Waals surface area (Å²) in [6.45, 7) is 6.92. The van der Waals surface area contributed by atoms with E-state index in [1.807, 2.05) is 45.0 Å². The summed E-state index contributed by atoms with van der Waals surface area (Å²) in [5.74, 6) is 0.414. The monoisotopic (exact) mass is 399 g/mol. The first kappa shape index (κ1) is 22.2. The topological polar surface area (TPSA) is 88.7 Å². The van der Waals surface area contributed by atoms with E-state index in [0.29, 0.717) is 24.5 Å². The predicted octanol–water partition coefficient (Wildman–Crippen LogP) is 3.29. The van der Waals surface area contributed by atoms with E-state index in [1.54, 1.807) is 31.4 Å². The number of nitrogens with one attached hydrogen (secondary N) is 3. The van der Waals surface area contributed by atoms with Gasteiger partial charge in [-0.1, -0.05) is 0 Å². The molecule has 2 aromatic rings. The van der Waals surface area contributed by atoms with Gasteiger partial charge in [0, 0.05) is 29.6 Å². The van der Waals surface area contributed by atoms with Crippen molar-refractivity contribution >= 4 is 23.2 Å². The van der Waals surface area contributed by atoms with Crippen LogP contribution in [-0.4, -0.2) is 44.2 Å². The number of anilines is 2. The molecule has 0 spiro atoms. The summed E-state index contributed by atoms with van der Waals surface area (Å²) in [6.07, 6.45) is 0. The Morgan fingerprint density at radius 2 is 1.52 bits per heavy atom. The lowest BCUT2D eigenvalue weighted by Gasteiger charge is -2.20. The summed E-state index contributed by atoms with van der Waals surface area (Å²) in [4.78, 5) is 24.3.